The van der Waals surface area contributed by atoms with Crippen molar-refractivity contribution in [2.75, 3.05) is 11.0 Å². The van der Waals surface area contributed by atoms with E-state index in [0.29, 0.717) is 17.0 Å². The zero-order chi connectivity index (χ0) is 17.0. The number of hydrogen-bond acceptors (Lipinski definition) is 5. The minimum atomic E-state index is -3.38. The topological polar surface area (TPSA) is 118 Å². The number of aryl methyl sites for hydroxylation is 1. The molecule has 2 rings (SSSR count). The van der Waals surface area contributed by atoms with Crippen molar-refractivity contribution in [3.63, 3.8) is 0 Å². The molecule has 0 saturated carbocycles. The first kappa shape index (κ1) is 16.6. The molecule has 0 aliphatic carbocycles. The molecule has 0 radical (unpaired) electrons. The molecule has 2 aromatic rings. The number of nitrogens with one attached hydrogen (secondary N) is 3. The summed E-state index contributed by atoms with van der Waals surface area (Å²) in [4.78, 5) is 23.7. The van der Waals surface area contributed by atoms with Gasteiger partial charge in [0, 0.05) is 11.3 Å². The van der Waals surface area contributed by atoms with Crippen LogP contribution in [0.1, 0.15) is 26.5 Å². The first-order valence-corrected chi connectivity index (χ1v) is 8.38. The minimum Gasteiger partial charge on any atom is -0.469 e. The fourth-order valence-electron chi connectivity index (χ4n) is 1.78. The number of hydrazine groups is 1. The first-order chi connectivity index (χ1) is 10.8. The average molecular weight is 337 g/mol. The Balaban J connectivity index is 1.96. The molecule has 0 unspecified atom stereocenters. The Labute approximate surface area is 132 Å². The third kappa shape index (κ3) is 4.58. The number of sulfonamides is 1. The molecule has 0 atom stereocenters. The Bertz CT molecular complexity index is 824. The Morgan fingerprint density at radius 3 is 2.13 bits per heavy atom. The summed E-state index contributed by atoms with van der Waals surface area (Å²) in [7, 11) is -3.38. The summed E-state index contributed by atoms with van der Waals surface area (Å²) in [5.74, 6) is -0.599. The monoisotopic (exact) mass is 337 g/mol. The second-order valence-electron chi connectivity index (χ2n) is 4.75. The van der Waals surface area contributed by atoms with Gasteiger partial charge in [0.15, 0.2) is 0 Å². The molecule has 122 valence electrons. The lowest BCUT2D eigenvalue weighted by atomic mass is 10.2. The van der Waals surface area contributed by atoms with E-state index in [1.807, 2.05) is 0 Å². The minimum absolute atomic E-state index is 0.258. The van der Waals surface area contributed by atoms with Crippen LogP contribution < -0.4 is 15.6 Å². The number of benzene rings is 1. The fraction of sp³-hybridized carbons (Fsp3) is 0.143. The van der Waals surface area contributed by atoms with E-state index in [4.69, 9.17) is 4.42 Å². The lowest BCUT2D eigenvalue weighted by molar-refractivity contribution is 0.0845. The van der Waals surface area contributed by atoms with Crippen molar-refractivity contribution in [3.05, 3.63) is 53.5 Å². The van der Waals surface area contributed by atoms with E-state index in [1.165, 1.54) is 36.6 Å². The summed E-state index contributed by atoms with van der Waals surface area (Å²) in [5, 5.41) is 0. The van der Waals surface area contributed by atoms with E-state index >= 15 is 0 Å². The molecule has 0 aliphatic heterocycles. The molecular formula is C14H15N3O5S. The van der Waals surface area contributed by atoms with Crippen molar-refractivity contribution in [1.29, 1.82) is 0 Å². The molecule has 1 aromatic heterocycles. The molecule has 1 heterocycles. The van der Waals surface area contributed by atoms with Crippen LogP contribution in [0.4, 0.5) is 5.69 Å². The van der Waals surface area contributed by atoms with Gasteiger partial charge in [-0.15, -0.1) is 0 Å². The van der Waals surface area contributed by atoms with Crippen LogP contribution in [-0.4, -0.2) is 26.5 Å². The standard InChI is InChI=1S/C14H15N3O5S/c1-9-12(7-8-22-9)14(19)16-15-13(18)10-3-5-11(6-4-10)17-23(2,20)21/h3-8,17H,1-2H3,(H,15,18)(H,16,19). The number of anilines is 1. The maximum atomic E-state index is 11.9. The van der Waals surface area contributed by atoms with Crippen LogP contribution in [0.25, 0.3) is 0 Å². The number of carbonyl (C=O) groups is 2. The van der Waals surface area contributed by atoms with Crippen LogP contribution >= 0.6 is 0 Å². The Hall–Kier alpha value is -2.81. The molecule has 1 aromatic carbocycles. The van der Waals surface area contributed by atoms with Crippen molar-refractivity contribution < 1.29 is 22.4 Å². The van der Waals surface area contributed by atoms with Crippen molar-refractivity contribution in [3.8, 4) is 0 Å². The highest BCUT2D eigenvalue weighted by Crippen LogP contribution is 2.11. The van der Waals surface area contributed by atoms with Crippen LogP contribution in [0.5, 0.6) is 0 Å². The lowest BCUT2D eigenvalue weighted by Crippen LogP contribution is -2.41. The first-order valence-electron chi connectivity index (χ1n) is 6.49. The van der Waals surface area contributed by atoms with E-state index in [0.717, 1.165) is 6.26 Å². The predicted molar refractivity (Wildman–Crippen MR) is 83.3 cm³/mol. The van der Waals surface area contributed by atoms with Gasteiger partial charge in [0.1, 0.15) is 5.76 Å². The van der Waals surface area contributed by atoms with Crippen LogP contribution in [0.15, 0.2) is 41.0 Å². The molecule has 2 amide bonds. The quantitative estimate of drug-likeness (QED) is 0.720. The van der Waals surface area contributed by atoms with Crippen LogP contribution in [0, 0.1) is 6.92 Å². The second kappa shape index (κ2) is 6.53. The molecule has 3 N–H and O–H groups in total. The maximum absolute atomic E-state index is 11.9. The molecule has 0 spiro atoms. The molecule has 0 aliphatic rings. The van der Waals surface area contributed by atoms with Crippen molar-refractivity contribution in [1.82, 2.24) is 10.9 Å². The zero-order valence-corrected chi connectivity index (χ0v) is 13.2. The summed E-state index contributed by atoms with van der Waals surface area (Å²) < 4.78 is 29.5. The van der Waals surface area contributed by atoms with Crippen LogP contribution in [0.2, 0.25) is 0 Å². The molecule has 8 nitrogen and oxygen atoms in total. The predicted octanol–water partition coefficient (Wildman–Crippen LogP) is 1.03. The Kier molecular flexibility index (Phi) is 4.70. The highest BCUT2D eigenvalue weighted by molar-refractivity contribution is 7.92. The van der Waals surface area contributed by atoms with Gasteiger partial charge < -0.3 is 4.42 Å². The Morgan fingerprint density at radius 2 is 1.61 bits per heavy atom. The van der Waals surface area contributed by atoms with Gasteiger partial charge in [-0.2, -0.15) is 0 Å². The van der Waals surface area contributed by atoms with Gasteiger partial charge in [-0.1, -0.05) is 0 Å². The largest absolute Gasteiger partial charge is 0.469 e. The second-order valence-corrected chi connectivity index (χ2v) is 6.50. The van der Waals surface area contributed by atoms with E-state index in [-0.39, 0.29) is 5.56 Å². The molecule has 23 heavy (non-hydrogen) atoms. The zero-order valence-electron chi connectivity index (χ0n) is 12.4. The molecule has 0 saturated heterocycles. The molecular weight excluding hydrogens is 322 g/mol. The summed E-state index contributed by atoms with van der Waals surface area (Å²) in [5.41, 5.74) is 5.44. The van der Waals surface area contributed by atoms with E-state index in [1.54, 1.807) is 6.92 Å². The molecule has 9 heteroatoms. The summed E-state index contributed by atoms with van der Waals surface area (Å²) in [6, 6.07) is 7.23. The lowest BCUT2D eigenvalue weighted by Gasteiger charge is -2.08. The van der Waals surface area contributed by atoms with Gasteiger partial charge in [0.25, 0.3) is 11.8 Å². The van der Waals surface area contributed by atoms with Gasteiger partial charge in [-0.25, -0.2) is 8.42 Å². The number of amides is 2. The third-order valence-electron chi connectivity index (χ3n) is 2.84. The molecule has 0 fully saturated rings. The number of carbonyl (C=O) groups excluding carboxylic acids is 2. The number of furan rings is 1. The van der Waals surface area contributed by atoms with Gasteiger partial charge >= 0.3 is 0 Å². The normalized spacial score (nSPS) is 10.9. The maximum Gasteiger partial charge on any atom is 0.273 e. The van der Waals surface area contributed by atoms with Crippen LogP contribution in [0.3, 0.4) is 0 Å². The fourth-order valence-corrected chi connectivity index (χ4v) is 2.34. The molecule has 0 bridgehead atoms. The highest BCUT2D eigenvalue weighted by Gasteiger charge is 2.13. The van der Waals surface area contributed by atoms with Gasteiger partial charge in [0.2, 0.25) is 10.0 Å². The van der Waals surface area contributed by atoms with Gasteiger partial charge in [0.05, 0.1) is 18.1 Å². The number of hydrogen-bond donors (Lipinski definition) is 3. The smallest absolute Gasteiger partial charge is 0.273 e. The van der Waals surface area contributed by atoms with E-state index < -0.39 is 21.8 Å². The van der Waals surface area contributed by atoms with Crippen molar-refractivity contribution >= 4 is 27.5 Å². The SMILES string of the molecule is Cc1occc1C(=O)NNC(=O)c1ccc(NS(C)(=O)=O)cc1. The van der Waals surface area contributed by atoms with E-state index in [2.05, 4.69) is 15.6 Å². The summed E-state index contributed by atoms with van der Waals surface area (Å²) in [6.07, 6.45) is 2.40. The van der Waals surface area contributed by atoms with Gasteiger partial charge in [-0.05, 0) is 37.3 Å². The van der Waals surface area contributed by atoms with Crippen LogP contribution in [-0.2, 0) is 10.0 Å². The summed E-state index contributed by atoms with van der Waals surface area (Å²) in [6.45, 7) is 1.63. The number of rotatable bonds is 4. The van der Waals surface area contributed by atoms with Crippen molar-refractivity contribution in [2.45, 2.75) is 6.92 Å². The third-order valence-corrected chi connectivity index (χ3v) is 3.45. The van der Waals surface area contributed by atoms with E-state index in [9.17, 15) is 18.0 Å². The average Bonchev–Trinajstić information content (AvgIpc) is 2.90. The Morgan fingerprint density at radius 1 is 1.00 bits per heavy atom. The highest BCUT2D eigenvalue weighted by atomic mass is 32.2. The van der Waals surface area contributed by atoms with Crippen molar-refractivity contribution in [2.24, 2.45) is 0 Å². The summed E-state index contributed by atoms with van der Waals surface area (Å²) >= 11 is 0. The van der Waals surface area contributed by atoms with Gasteiger partial charge in [-0.3, -0.25) is 25.2 Å².